The van der Waals surface area contributed by atoms with Crippen molar-refractivity contribution in [3.8, 4) is 5.75 Å². The molecule has 0 unspecified atom stereocenters. The monoisotopic (exact) mass is 285 g/mol. The largest absolute Gasteiger partial charge is 0.497 e. The molecule has 2 heterocycles. The van der Waals surface area contributed by atoms with Crippen molar-refractivity contribution in [2.24, 2.45) is 0 Å². The van der Waals surface area contributed by atoms with E-state index in [1.165, 1.54) is 5.56 Å². The van der Waals surface area contributed by atoms with Gasteiger partial charge in [0.25, 0.3) is 5.56 Å². The van der Waals surface area contributed by atoms with Gasteiger partial charge in [0, 0.05) is 31.0 Å². The van der Waals surface area contributed by atoms with Gasteiger partial charge in [-0.2, -0.15) is 0 Å². The van der Waals surface area contributed by atoms with E-state index < -0.39 is 0 Å². The molecule has 5 heteroatoms. The fraction of sp³-hybridized carbons (Fsp3) is 0.375. The molecule has 1 aliphatic heterocycles. The van der Waals surface area contributed by atoms with Gasteiger partial charge in [-0.3, -0.25) is 4.79 Å². The Morgan fingerprint density at radius 3 is 2.81 bits per heavy atom. The summed E-state index contributed by atoms with van der Waals surface area (Å²) in [6, 6.07) is 9.71. The van der Waals surface area contributed by atoms with Gasteiger partial charge in [0.05, 0.1) is 12.8 Å². The lowest BCUT2D eigenvalue weighted by molar-refractivity contribution is 0.413. The van der Waals surface area contributed by atoms with Gasteiger partial charge < -0.3 is 15.0 Å². The SMILES string of the molecule is COc1cccc([C@@H]2CNC[C@H]2c2cc(=O)[nH]c(C)n2)c1. The lowest BCUT2D eigenvalue weighted by atomic mass is 9.86. The Labute approximate surface area is 123 Å². The Bertz CT molecular complexity index is 696. The van der Waals surface area contributed by atoms with Gasteiger partial charge in [-0.1, -0.05) is 12.1 Å². The Balaban J connectivity index is 1.96. The zero-order valence-corrected chi connectivity index (χ0v) is 12.2. The van der Waals surface area contributed by atoms with E-state index in [0.29, 0.717) is 11.7 Å². The van der Waals surface area contributed by atoms with Crippen molar-refractivity contribution < 1.29 is 4.74 Å². The minimum atomic E-state index is -0.0891. The molecule has 2 atom stereocenters. The van der Waals surface area contributed by atoms with E-state index >= 15 is 0 Å². The Morgan fingerprint density at radius 2 is 2.05 bits per heavy atom. The van der Waals surface area contributed by atoms with Gasteiger partial charge in [0.1, 0.15) is 11.6 Å². The maximum atomic E-state index is 11.7. The average Bonchev–Trinajstić information content (AvgIpc) is 2.96. The smallest absolute Gasteiger partial charge is 0.251 e. The standard InChI is InChI=1S/C16H19N3O2/c1-10-18-15(7-16(20)19-10)14-9-17-8-13(14)11-4-3-5-12(6-11)21-2/h3-7,13-14,17H,8-9H2,1-2H3,(H,18,19,20)/t13-,14+/m0/s1. The summed E-state index contributed by atoms with van der Waals surface area (Å²) in [4.78, 5) is 18.9. The molecule has 0 radical (unpaired) electrons. The molecule has 0 bridgehead atoms. The van der Waals surface area contributed by atoms with Crippen LogP contribution in [0.5, 0.6) is 5.75 Å². The second-order valence-corrected chi connectivity index (χ2v) is 5.40. The highest BCUT2D eigenvalue weighted by atomic mass is 16.5. The molecule has 3 rings (SSSR count). The molecule has 1 aliphatic rings. The van der Waals surface area contributed by atoms with Crippen LogP contribution < -0.4 is 15.6 Å². The highest BCUT2D eigenvalue weighted by Crippen LogP contribution is 2.35. The third-order valence-corrected chi connectivity index (χ3v) is 4.00. The number of aryl methyl sites for hydroxylation is 1. The molecule has 2 aromatic rings. The van der Waals surface area contributed by atoms with Gasteiger partial charge in [0.2, 0.25) is 0 Å². The lowest BCUT2D eigenvalue weighted by Gasteiger charge is -2.19. The van der Waals surface area contributed by atoms with E-state index in [1.54, 1.807) is 13.2 Å². The molecule has 1 aromatic heterocycles. The van der Waals surface area contributed by atoms with Crippen molar-refractivity contribution in [1.29, 1.82) is 0 Å². The van der Waals surface area contributed by atoms with Gasteiger partial charge in [-0.15, -0.1) is 0 Å². The average molecular weight is 285 g/mol. The van der Waals surface area contributed by atoms with Crippen molar-refractivity contribution in [1.82, 2.24) is 15.3 Å². The van der Waals surface area contributed by atoms with Crippen LogP contribution in [-0.4, -0.2) is 30.2 Å². The van der Waals surface area contributed by atoms with Crippen molar-refractivity contribution >= 4 is 0 Å². The number of H-pyrrole nitrogens is 1. The van der Waals surface area contributed by atoms with Crippen LogP contribution in [0, 0.1) is 6.92 Å². The molecular formula is C16H19N3O2. The first-order chi connectivity index (χ1) is 10.2. The van der Waals surface area contributed by atoms with Crippen LogP contribution >= 0.6 is 0 Å². The van der Waals surface area contributed by atoms with Crippen molar-refractivity contribution in [2.75, 3.05) is 20.2 Å². The van der Waals surface area contributed by atoms with Crippen LogP contribution in [0.15, 0.2) is 35.1 Å². The van der Waals surface area contributed by atoms with Gasteiger partial charge in [0.15, 0.2) is 0 Å². The number of nitrogens with one attached hydrogen (secondary N) is 2. The summed E-state index contributed by atoms with van der Waals surface area (Å²) in [5, 5.41) is 3.40. The molecular weight excluding hydrogens is 266 g/mol. The molecule has 110 valence electrons. The first-order valence-electron chi connectivity index (χ1n) is 7.10. The second-order valence-electron chi connectivity index (χ2n) is 5.40. The number of methoxy groups -OCH3 is 1. The topological polar surface area (TPSA) is 67.0 Å². The van der Waals surface area contributed by atoms with Crippen LogP contribution in [0.4, 0.5) is 0 Å². The summed E-state index contributed by atoms with van der Waals surface area (Å²) in [7, 11) is 1.67. The molecule has 21 heavy (non-hydrogen) atoms. The first-order valence-corrected chi connectivity index (χ1v) is 7.10. The van der Waals surface area contributed by atoms with Crippen molar-refractivity contribution in [3.05, 3.63) is 57.8 Å². The van der Waals surface area contributed by atoms with E-state index in [2.05, 4.69) is 27.4 Å². The lowest BCUT2D eigenvalue weighted by Crippen LogP contribution is -2.17. The molecule has 5 nitrogen and oxygen atoms in total. The van der Waals surface area contributed by atoms with Gasteiger partial charge in [-0.25, -0.2) is 4.98 Å². The summed E-state index contributed by atoms with van der Waals surface area (Å²) in [6.07, 6.45) is 0. The summed E-state index contributed by atoms with van der Waals surface area (Å²) in [5.41, 5.74) is 1.98. The number of nitrogens with zero attached hydrogens (tertiary/aromatic N) is 1. The third-order valence-electron chi connectivity index (χ3n) is 4.00. The first kappa shape index (κ1) is 13.8. The zero-order valence-electron chi connectivity index (χ0n) is 12.2. The maximum Gasteiger partial charge on any atom is 0.251 e. The van der Waals surface area contributed by atoms with E-state index in [0.717, 1.165) is 24.5 Å². The molecule has 0 saturated carbocycles. The Hall–Kier alpha value is -2.14. The third kappa shape index (κ3) is 2.83. The van der Waals surface area contributed by atoms with Crippen LogP contribution in [-0.2, 0) is 0 Å². The molecule has 0 aliphatic carbocycles. The number of benzene rings is 1. The molecule has 1 saturated heterocycles. The van der Waals surface area contributed by atoms with E-state index in [1.807, 2.05) is 19.1 Å². The van der Waals surface area contributed by atoms with Crippen molar-refractivity contribution in [3.63, 3.8) is 0 Å². The van der Waals surface area contributed by atoms with Crippen LogP contribution in [0.1, 0.15) is 28.9 Å². The maximum absolute atomic E-state index is 11.7. The Kier molecular flexibility index (Phi) is 3.75. The predicted molar refractivity (Wildman–Crippen MR) is 80.9 cm³/mol. The fourth-order valence-electron chi connectivity index (χ4n) is 3.00. The van der Waals surface area contributed by atoms with E-state index in [4.69, 9.17) is 4.74 Å². The summed E-state index contributed by atoms with van der Waals surface area (Å²) in [6.45, 7) is 3.52. The second kappa shape index (κ2) is 5.69. The number of aromatic nitrogens is 2. The summed E-state index contributed by atoms with van der Waals surface area (Å²) >= 11 is 0. The fourth-order valence-corrected chi connectivity index (χ4v) is 3.00. The highest BCUT2D eigenvalue weighted by molar-refractivity contribution is 5.34. The van der Waals surface area contributed by atoms with E-state index in [-0.39, 0.29) is 11.5 Å². The number of hydrogen-bond acceptors (Lipinski definition) is 4. The summed E-state index contributed by atoms with van der Waals surface area (Å²) in [5.74, 6) is 2.02. The van der Waals surface area contributed by atoms with Crippen LogP contribution in [0.2, 0.25) is 0 Å². The van der Waals surface area contributed by atoms with Crippen molar-refractivity contribution in [2.45, 2.75) is 18.8 Å². The number of hydrogen-bond donors (Lipinski definition) is 2. The number of rotatable bonds is 3. The highest BCUT2D eigenvalue weighted by Gasteiger charge is 2.31. The molecule has 2 N–H and O–H groups in total. The van der Waals surface area contributed by atoms with Crippen LogP contribution in [0.25, 0.3) is 0 Å². The van der Waals surface area contributed by atoms with Gasteiger partial charge in [-0.05, 0) is 24.6 Å². The zero-order chi connectivity index (χ0) is 14.8. The number of ether oxygens (including phenoxy) is 1. The quantitative estimate of drug-likeness (QED) is 0.898. The molecule has 1 aromatic carbocycles. The summed E-state index contributed by atoms with van der Waals surface area (Å²) < 4.78 is 5.30. The van der Waals surface area contributed by atoms with Crippen LogP contribution in [0.3, 0.4) is 0 Å². The molecule has 0 amide bonds. The minimum Gasteiger partial charge on any atom is -0.497 e. The predicted octanol–water partition coefficient (Wildman–Crippen LogP) is 1.56. The molecule has 1 fully saturated rings. The number of aromatic amines is 1. The molecule has 0 spiro atoms. The normalized spacial score (nSPS) is 21.4. The van der Waals surface area contributed by atoms with E-state index in [9.17, 15) is 4.79 Å². The minimum absolute atomic E-state index is 0.0891. The van der Waals surface area contributed by atoms with Gasteiger partial charge >= 0.3 is 0 Å². The Morgan fingerprint density at radius 1 is 1.24 bits per heavy atom.